The molecule has 100 valence electrons. The highest BCUT2D eigenvalue weighted by Gasteiger charge is 2.24. The van der Waals surface area contributed by atoms with Crippen molar-refractivity contribution in [3.63, 3.8) is 0 Å². The van der Waals surface area contributed by atoms with Gasteiger partial charge in [-0.3, -0.25) is 0 Å². The lowest BCUT2D eigenvalue weighted by molar-refractivity contribution is -0.0222. The van der Waals surface area contributed by atoms with E-state index in [-0.39, 0.29) is 5.82 Å². The van der Waals surface area contributed by atoms with E-state index in [9.17, 15) is 4.39 Å². The second-order valence-electron chi connectivity index (χ2n) is 5.20. The first kappa shape index (κ1) is 13.3. The van der Waals surface area contributed by atoms with Gasteiger partial charge in [0.1, 0.15) is 5.82 Å². The third-order valence-corrected chi connectivity index (χ3v) is 3.81. The Hall–Kier alpha value is -1.09. The van der Waals surface area contributed by atoms with Crippen molar-refractivity contribution in [2.45, 2.75) is 51.7 Å². The summed E-state index contributed by atoms with van der Waals surface area (Å²) in [4.78, 5) is 0. The van der Waals surface area contributed by atoms with Crippen LogP contribution in [0, 0.1) is 11.7 Å². The van der Waals surface area contributed by atoms with Crippen LogP contribution in [0.1, 0.15) is 44.6 Å². The second kappa shape index (κ2) is 6.19. The van der Waals surface area contributed by atoms with Crippen molar-refractivity contribution in [1.29, 1.82) is 0 Å². The number of anilines is 1. The number of hydrogen-bond acceptors (Lipinski definition) is 2. The Labute approximate surface area is 108 Å². The number of nitrogens with two attached hydrogens (primary N) is 1. The molecular weight excluding hydrogens is 229 g/mol. The lowest BCUT2D eigenvalue weighted by Crippen LogP contribution is -2.27. The molecule has 1 aliphatic rings. The lowest BCUT2D eigenvalue weighted by atomic mass is 9.85. The molecule has 2 nitrogen and oxygen atoms in total. The van der Waals surface area contributed by atoms with Gasteiger partial charge in [0, 0.05) is 5.69 Å². The third-order valence-electron chi connectivity index (χ3n) is 3.81. The van der Waals surface area contributed by atoms with Gasteiger partial charge in [-0.25, -0.2) is 4.39 Å². The fourth-order valence-electron chi connectivity index (χ4n) is 2.82. The summed E-state index contributed by atoms with van der Waals surface area (Å²) in [5.41, 5.74) is 6.92. The smallest absolute Gasteiger partial charge is 0.125 e. The minimum Gasteiger partial charge on any atom is -0.399 e. The van der Waals surface area contributed by atoms with E-state index < -0.39 is 0 Å². The van der Waals surface area contributed by atoms with Gasteiger partial charge in [0.25, 0.3) is 0 Å². The van der Waals surface area contributed by atoms with E-state index in [0.29, 0.717) is 24.3 Å². The summed E-state index contributed by atoms with van der Waals surface area (Å²) < 4.78 is 19.2. The molecule has 0 bridgehead atoms. The highest BCUT2D eigenvalue weighted by Crippen LogP contribution is 2.29. The first-order valence-electron chi connectivity index (χ1n) is 6.85. The van der Waals surface area contributed by atoms with Gasteiger partial charge >= 0.3 is 0 Å². The van der Waals surface area contributed by atoms with Crippen molar-refractivity contribution in [3.8, 4) is 0 Å². The molecule has 1 aromatic carbocycles. The summed E-state index contributed by atoms with van der Waals surface area (Å²) in [6.07, 6.45) is 6.43. The molecule has 0 radical (unpaired) electrons. The Balaban J connectivity index is 1.93. The topological polar surface area (TPSA) is 35.2 Å². The van der Waals surface area contributed by atoms with Crippen molar-refractivity contribution in [3.05, 3.63) is 29.6 Å². The van der Waals surface area contributed by atoms with Gasteiger partial charge < -0.3 is 10.5 Å². The van der Waals surface area contributed by atoms with Crippen LogP contribution in [0.25, 0.3) is 0 Å². The quantitative estimate of drug-likeness (QED) is 0.824. The average molecular weight is 251 g/mol. The summed E-state index contributed by atoms with van der Waals surface area (Å²) in [7, 11) is 0. The van der Waals surface area contributed by atoms with Crippen molar-refractivity contribution >= 4 is 5.69 Å². The van der Waals surface area contributed by atoms with Crippen LogP contribution < -0.4 is 5.73 Å². The number of halogens is 1. The van der Waals surface area contributed by atoms with Crippen molar-refractivity contribution < 1.29 is 9.13 Å². The molecule has 1 aromatic rings. The number of benzene rings is 1. The summed E-state index contributed by atoms with van der Waals surface area (Å²) in [6.45, 7) is 2.68. The number of hydrogen-bond donors (Lipinski definition) is 1. The number of rotatable bonds is 4. The molecule has 2 atom stereocenters. The Morgan fingerprint density at radius 1 is 1.28 bits per heavy atom. The highest BCUT2D eigenvalue weighted by molar-refractivity contribution is 5.41. The molecule has 0 aromatic heterocycles. The molecule has 0 spiro atoms. The first-order valence-corrected chi connectivity index (χ1v) is 6.85. The van der Waals surface area contributed by atoms with Gasteiger partial charge in [0.05, 0.1) is 12.7 Å². The van der Waals surface area contributed by atoms with Crippen LogP contribution in [0.15, 0.2) is 18.2 Å². The zero-order chi connectivity index (χ0) is 13.0. The molecule has 0 aliphatic heterocycles. The zero-order valence-electron chi connectivity index (χ0n) is 11.0. The van der Waals surface area contributed by atoms with E-state index in [2.05, 4.69) is 6.92 Å². The maximum absolute atomic E-state index is 13.2. The van der Waals surface area contributed by atoms with Gasteiger partial charge in [-0.15, -0.1) is 0 Å². The SMILES string of the molecule is CCC1CCCCC1OCc1cc(N)cc(F)c1. The van der Waals surface area contributed by atoms with E-state index in [1.54, 1.807) is 6.07 Å². The summed E-state index contributed by atoms with van der Waals surface area (Å²) >= 11 is 0. The van der Waals surface area contributed by atoms with Crippen molar-refractivity contribution in [1.82, 2.24) is 0 Å². The molecule has 2 N–H and O–H groups in total. The zero-order valence-corrected chi connectivity index (χ0v) is 11.0. The van der Waals surface area contributed by atoms with Crippen LogP contribution in [0.2, 0.25) is 0 Å². The summed E-state index contributed by atoms with van der Waals surface area (Å²) in [5.74, 6) is 0.369. The van der Waals surface area contributed by atoms with E-state index >= 15 is 0 Å². The van der Waals surface area contributed by atoms with Crippen LogP contribution in [-0.2, 0) is 11.3 Å². The molecule has 0 amide bonds. The molecule has 18 heavy (non-hydrogen) atoms. The predicted molar refractivity (Wildman–Crippen MR) is 71.6 cm³/mol. The Morgan fingerprint density at radius 2 is 2.06 bits per heavy atom. The van der Waals surface area contributed by atoms with E-state index in [1.165, 1.54) is 31.4 Å². The standard InChI is InChI=1S/C15H22FNO/c1-2-12-5-3-4-6-15(12)18-10-11-7-13(16)9-14(17)8-11/h7-9,12,15H,2-6,10,17H2,1H3. The predicted octanol–water partition coefficient (Wildman–Crippen LogP) is 3.89. The molecular formula is C15H22FNO. The number of nitrogen functional groups attached to an aromatic ring is 1. The molecule has 1 fully saturated rings. The average Bonchev–Trinajstić information content (AvgIpc) is 2.35. The van der Waals surface area contributed by atoms with Gasteiger partial charge in [-0.05, 0) is 42.5 Å². The fraction of sp³-hybridized carbons (Fsp3) is 0.600. The van der Waals surface area contributed by atoms with E-state index in [1.807, 2.05) is 0 Å². The molecule has 0 saturated heterocycles. The molecule has 1 aliphatic carbocycles. The van der Waals surface area contributed by atoms with Crippen LogP contribution in [0.3, 0.4) is 0 Å². The molecule has 3 heteroatoms. The van der Waals surface area contributed by atoms with E-state index in [4.69, 9.17) is 10.5 Å². The van der Waals surface area contributed by atoms with Gasteiger partial charge in [0.15, 0.2) is 0 Å². The minimum absolute atomic E-state index is 0.288. The maximum atomic E-state index is 13.2. The van der Waals surface area contributed by atoms with Gasteiger partial charge in [0.2, 0.25) is 0 Å². The normalized spacial score (nSPS) is 24.1. The van der Waals surface area contributed by atoms with Crippen molar-refractivity contribution in [2.75, 3.05) is 5.73 Å². The molecule has 0 heterocycles. The van der Waals surface area contributed by atoms with Crippen LogP contribution in [0.5, 0.6) is 0 Å². The summed E-state index contributed by atoms with van der Waals surface area (Å²) in [6, 6.07) is 4.62. The Bertz CT molecular complexity index is 374. The Morgan fingerprint density at radius 3 is 2.78 bits per heavy atom. The van der Waals surface area contributed by atoms with Crippen LogP contribution in [0.4, 0.5) is 10.1 Å². The van der Waals surface area contributed by atoms with Crippen LogP contribution in [-0.4, -0.2) is 6.10 Å². The third kappa shape index (κ3) is 3.45. The molecule has 1 saturated carbocycles. The fourth-order valence-corrected chi connectivity index (χ4v) is 2.82. The monoisotopic (exact) mass is 251 g/mol. The largest absolute Gasteiger partial charge is 0.399 e. The van der Waals surface area contributed by atoms with E-state index in [0.717, 1.165) is 18.4 Å². The lowest BCUT2D eigenvalue weighted by Gasteiger charge is -2.30. The van der Waals surface area contributed by atoms with Gasteiger partial charge in [-0.2, -0.15) is 0 Å². The van der Waals surface area contributed by atoms with Crippen molar-refractivity contribution in [2.24, 2.45) is 5.92 Å². The maximum Gasteiger partial charge on any atom is 0.125 e. The first-order chi connectivity index (χ1) is 8.69. The number of ether oxygens (including phenoxy) is 1. The molecule has 2 rings (SSSR count). The van der Waals surface area contributed by atoms with Gasteiger partial charge in [-0.1, -0.05) is 26.2 Å². The summed E-state index contributed by atoms with van der Waals surface area (Å²) in [5, 5.41) is 0. The second-order valence-corrected chi connectivity index (χ2v) is 5.20. The highest BCUT2D eigenvalue weighted by atomic mass is 19.1. The van der Waals surface area contributed by atoms with Crippen LogP contribution >= 0.6 is 0 Å². The minimum atomic E-state index is -0.288. The molecule has 2 unspecified atom stereocenters. The Kier molecular flexibility index (Phi) is 4.59.